The van der Waals surface area contributed by atoms with Crippen molar-refractivity contribution in [1.82, 2.24) is 0 Å². The summed E-state index contributed by atoms with van der Waals surface area (Å²) < 4.78 is 8.75. The Hall–Kier alpha value is -1.10. The van der Waals surface area contributed by atoms with E-state index in [1.807, 2.05) is 0 Å². The molecule has 0 heterocycles. The summed E-state index contributed by atoms with van der Waals surface area (Å²) >= 11 is 0. The molecule has 70 valence electrons. The molecule has 0 aromatic rings. The summed E-state index contributed by atoms with van der Waals surface area (Å²) in [6, 6.07) is -0.607. The average Bonchev–Trinajstić information content (AvgIpc) is 2.03. The molecule has 5 heteroatoms. The second kappa shape index (κ2) is 4.71. The van der Waals surface area contributed by atoms with Crippen LogP contribution in [0.5, 0.6) is 0 Å². The zero-order valence-corrected chi connectivity index (χ0v) is 7.37. The maximum Gasteiger partial charge on any atom is 0.321 e. The van der Waals surface area contributed by atoms with Crippen molar-refractivity contribution >= 4 is 11.9 Å². The average molecular weight is 175 g/mol. The number of methoxy groups -OCH3 is 2. The minimum Gasteiger partial charge on any atom is -0.468 e. The van der Waals surface area contributed by atoms with Gasteiger partial charge < -0.3 is 15.2 Å². The minimum atomic E-state index is -1.03. The van der Waals surface area contributed by atoms with Crippen LogP contribution in [-0.4, -0.2) is 32.2 Å². The van der Waals surface area contributed by atoms with Crippen molar-refractivity contribution in [1.29, 1.82) is 0 Å². The first kappa shape index (κ1) is 10.9. The molecule has 5 nitrogen and oxygen atoms in total. The molecular weight excluding hydrogens is 162 g/mol. The van der Waals surface area contributed by atoms with Gasteiger partial charge in [0.25, 0.3) is 0 Å². The fourth-order valence-corrected chi connectivity index (χ4v) is 0.779. The number of nitrogens with two attached hydrogens (primary N) is 1. The second-order valence-electron chi connectivity index (χ2n) is 2.38. The fourth-order valence-electron chi connectivity index (χ4n) is 0.779. The van der Waals surface area contributed by atoms with Crippen molar-refractivity contribution < 1.29 is 19.1 Å². The van der Waals surface area contributed by atoms with Gasteiger partial charge in [-0.3, -0.25) is 9.59 Å². The van der Waals surface area contributed by atoms with Gasteiger partial charge in [0.2, 0.25) is 0 Å². The Balaban J connectivity index is 4.43. The lowest BCUT2D eigenvalue weighted by atomic mass is 10.0. The third-order valence-corrected chi connectivity index (χ3v) is 1.44. The molecule has 0 saturated heterocycles. The van der Waals surface area contributed by atoms with Gasteiger partial charge in [0.15, 0.2) is 5.92 Å². The Morgan fingerprint density at radius 2 is 1.50 bits per heavy atom. The van der Waals surface area contributed by atoms with E-state index in [1.54, 1.807) is 6.92 Å². The van der Waals surface area contributed by atoms with E-state index in [1.165, 1.54) is 14.2 Å². The first-order valence-electron chi connectivity index (χ1n) is 3.45. The zero-order valence-electron chi connectivity index (χ0n) is 7.37. The van der Waals surface area contributed by atoms with E-state index in [2.05, 4.69) is 9.47 Å². The molecule has 0 amide bonds. The Kier molecular flexibility index (Phi) is 4.28. The highest BCUT2D eigenvalue weighted by molar-refractivity contribution is 5.95. The Morgan fingerprint density at radius 3 is 1.67 bits per heavy atom. The van der Waals surface area contributed by atoms with Crippen LogP contribution in [0.25, 0.3) is 0 Å². The molecule has 0 rings (SSSR count). The number of rotatable bonds is 3. The van der Waals surface area contributed by atoms with E-state index in [4.69, 9.17) is 5.73 Å². The van der Waals surface area contributed by atoms with Crippen LogP contribution >= 0.6 is 0 Å². The summed E-state index contributed by atoms with van der Waals surface area (Å²) in [5.41, 5.74) is 5.39. The molecule has 2 N–H and O–H groups in total. The normalized spacial score (nSPS) is 12.4. The molecule has 0 aliphatic rings. The van der Waals surface area contributed by atoms with Crippen molar-refractivity contribution in [2.45, 2.75) is 13.0 Å². The van der Waals surface area contributed by atoms with E-state index < -0.39 is 23.9 Å². The predicted octanol–water partition coefficient (Wildman–Crippen LogP) is -0.704. The van der Waals surface area contributed by atoms with Crippen molar-refractivity contribution in [3.8, 4) is 0 Å². The molecule has 12 heavy (non-hydrogen) atoms. The van der Waals surface area contributed by atoms with Gasteiger partial charge in [0, 0.05) is 6.04 Å². The maximum absolute atomic E-state index is 11.0. The Labute approximate surface area is 70.8 Å². The van der Waals surface area contributed by atoms with Gasteiger partial charge in [0.1, 0.15) is 0 Å². The van der Waals surface area contributed by atoms with Gasteiger partial charge in [-0.15, -0.1) is 0 Å². The van der Waals surface area contributed by atoms with Gasteiger partial charge in [-0.25, -0.2) is 0 Å². The van der Waals surface area contributed by atoms with E-state index in [0.29, 0.717) is 0 Å². The van der Waals surface area contributed by atoms with Crippen LogP contribution < -0.4 is 5.73 Å². The highest BCUT2D eigenvalue weighted by Crippen LogP contribution is 2.05. The molecule has 1 unspecified atom stereocenters. The van der Waals surface area contributed by atoms with Crippen LogP contribution in [0.3, 0.4) is 0 Å². The highest BCUT2D eigenvalue weighted by atomic mass is 16.5. The minimum absolute atomic E-state index is 0.607. The van der Waals surface area contributed by atoms with Gasteiger partial charge in [-0.1, -0.05) is 0 Å². The molecule has 0 aromatic heterocycles. The van der Waals surface area contributed by atoms with E-state index in [-0.39, 0.29) is 0 Å². The topological polar surface area (TPSA) is 78.6 Å². The first-order valence-corrected chi connectivity index (χ1v) is 3.45. The lowest BCUT2D eigenvalue weighted by molar-refractivity contribution is -0.159. The highest BCUT2D eigenvalue weighted by Gasteiger charge is 2.31. The molecule has 0 radical (unpaired) electrons. The standard InChI is InChI=1S/C7H13NO4/c1-4(8)5(6(9)11-2)7(10)12-3/h4-5H,8H2,1-3H3. The van der Waals surface area contributed by atoms with Gasteiger partial charge >= 0.3 is 11.9 Å². The van der Waals surface area contributed by atoms with Gasteiger partial charge in [0.05, 0.1) is 14.2 Å². The molecule has 0 saturated carbocycles. The smallest absolute Gasteiger partial charge is 0.321 e. The van der Waals surface area contributed by atoms with Crippen LogP contribution in [0.4, 0.5) is 0 Å². The molecule has 0 aromatic carbocycles. The third kappa shape index (κ3) is 2.50. The zero-order chi connectivity index (χ0) is 9.72. The second-order valence-corrected chi connectivity index (χ2v) is 2.38. The lowest BCUT2D eigenvalue weighted by Crippen LogP contribution is -2.40. The number of carbonyl (C=O) groups is 2. The van der Waals surface area contributed by atoms with Crippen LogP contribution in [0, 0.1) is 5.92 Å². The summed E-state index contributed by atoms with van der Waals surface area (Å²) in [4.78, 5) is 21.9. The summed E-state index contributed by atoms with van der Waals surface area (Å²) in [6.45, 7) is 1.54. The van der Waals surface area contributed by atoms with Crippen LogP contribution in [-0.2, 0) is 19.1 Å². The van der Waals surface area contributed by atoms with Gasteiger partial charge in [-0.05, 0) is 6.92 Å². The lowest BCUT2D eigenvalue weighted by Gasteiger charge is -2.14. The molecule has 0 spiro atoms. The monoisotopic (exact) mass is 175 g/mol. The Morgan fingerprint density at radius 1 is 1.17 bits per heavy atom. The van der Waals surface area contributed by atoms with Crippen molar-refractivity contribution in [3.05, 3.63) is 0 Å². The van der Waals surface area contributed by atoms with Crippen molar-refractivity contribution in [3.63, 3.8) is 0 Å². The maximum atomic E-state index is 11.0. The van der Waals surface area contributed by atoms with E-state index >= 15 is 0 Å². The molecule has 0 fully saturated rings. The molecule has 1 atom stereocenters. The summed E-state index contributed by atoms with van der Waals surface area (Å²) in [5.74, 6) is -2.37. The fraction of sp³-hybridized carbons (Fsp3) is 0.714. The molecular formula is C7H13NO4. The molecule has 0 bridgehead atoms. The van der Waals surface area contributed by atoms with Crippen molar-refractivity contribution in [2.24, 2.45) is 11.7 Å². The van der Waals surface area contributed by atoms with Crippen LogP contribution in [0.15, 0.2) is 0 Å². The predicted molar refractivity (Wildman–Crippen MR) is 41.2 cm³/mol. The number of hydrogen-bond donors (Lipinski definition) is 1. The third-order valence-electron chi connectivity index (χ3n) is 1.44. The van der Waals surface area contributed by atoms with Crippen molar-refractivity contribution in [2.75, 3.05) is 14.2 Å². The first-order chi connectivity index (χ1) is 5.54. The number of carbonyl (C=O) groups excluding carboxylic acids is 2. The Bertz CT molecular complexity index is 162. The number of hydrogen-bond acceptors (Lipinski definition) is 5. The molecule has 0 aliphatic carbocycles. The summed E-state index contributed by atoms with van der Waals surface area (Å²) in [7, 11) is 2.39. The van der Waals surface area contributed by atoms with Crippen LogP contribution in [0.2, 0.25) is 0 Å². The summed E-state index contributed by atoms with van der Waals surface area (Å²) in [6.07, 6.45) is 0. The number of esters is 2. The number of ether oxygens (including phenoxy) is 2. The van der Waals surface area contributed by atoms with Gasteiger partial charge in [-0.2, -0.15) is 0 Å². The SMILES string of the molecule is COC(=O)C(C(=O)OC)C(C)N. The molecule has 0 aliphatic heterocycles. The van der Waals surface area contributed by atoms with E-state index in [9.17, 15) is 9.59 Å². The quantitative estimate of drug-likeness (QED) is 0.453. The summed E-state index contributed by atoms with van der Waals surface area (Å²) in [5, 5.41) is 0. The van der Waals surface area contributed by atoms with E-state index in [0.717, 1.165) is 0 Å². The largest absolute Gasteiger partial charge is 0.468 e. The van der Waals surface area contributed by atoms with Crippen LogP contribution in [0.1, 0.15) is 6.92 Å².